The number of aliphatic hydroxyl groups is 1. The van der Waals surface area contributed by atoms with E-state index in [0.717, 1.165) is 66.4 Å². The molecule has 2 fully saturated rings. The summed E-state index contributed by atoms with van der Waals surface area (Å²) < 4.78 is 76.3. The Bertz CT molecular complexity index is 2360. The molecule has 61 heavy (non-hydrogen) atoms. The predicted molar refractivity (Wildman–Crippen MR) is 224 cm³/mol. The molecule has 3 aromatic carbocycles. The summed E-state index contributed by atoms with van der Waals surface area (Å²) in [6.07, 6.45) is 6.23. The number of carbonyl (C=O) groups excluding carboxylic acids is 1. The largest absolute Gasteiger partial charge is 0.497 e. The molecule has 1 saturated heterocycles. The second kappa shape index (κ2) is 17.9. The van der Waals surface area contributed by atoms with Crippen LogP contribution in [0.25, 0.3) is 11.2 Å². The number of rotatable bonds is 16. The number of hydrogen-bond donors (Lipinski definition) is 3. The van der Waals surface area contributed by atoms with Crippen molar-refractivity contribution in [2.24, 2.45) is 0 Å². The van der Waals surface area contributed by atoms with Gasteiger partial charge in [-0.25, -0.2) is 18.9 Å². The van der Waals surface area contributed by atoms with Gasteiger partial charge < -0.3 is 33.9 Å². The first kappa shape index (κ1) is 43.7. The van der Waals surface area contributed by atoms with Gasteiger partial charge in [0.05, 0.1) is 20.0 Å². The van der Waals surface area contributed by atoms with E-state index in [1.54, 1.807) is 14.0 Å². The number of carbonyl (C=O) groups is 1. The van der Waals surface area contributed by atoms with Crippen molar-refractivity contribution in [1.82, 2.24) is 24.6 Å². The highest BCUT2D eigenvalue weighted by Gasteiger charge is 2.67. The van der Waals surface area contributed by atoms with Gasteiger partial charge in [0.1, 0.15) is 30.0 Å². The number of benzene rings is 3. The van der Waals surface area contributed by atoms with Crippen molar-refractivity contribution in [3.8, 4) is 24.0 Å². The number of nitrogens with zero attached hydrogens (tertiary/aromatic N) is 4. The molecule has 6 atom stereocenters. The number of alkyl halides is 2. The number of halogens is 2. The molecule has 14 nitrogen and oxygen atoms in total. The Morgan fingerprint density at radius 2 is 1.66 bits per heavy atom. The average Bonchev–Trinajstić information content (AvgIpc) is 3.79. The lowest BCUT2D eigenvalue weighted by atomic mass is 9.77. The number of hydrogen-bond acceptors (Lipinski definition) is 12. The molecule has 17 heteroatoms. The van der Waals surface area contributed by atoms with Crippen LogP contribution in [0.5, 0.6) is 11.6 Å². The van der Waals surface area contributed by atoms with Crippen molar-refractivity contribution in [3.63, 3.8) is 0 Å². The molecule has 3 N–H and O–H groups in total. The van der Waals surface area contributed by atoms with E-state index < -0.39 is 55.5 Å². The Kier molecular flexibility index (Phi) is 12.8. The van der Waals surface area contributed by atoms with Crippen LogP contribution in [0.1, 0.15) is 68.9 Å². The van der Waals surface area contributed by atoms with Gasteiger partial charge >= 0.3 is 5.97 Å². The van der Waals surface area contributed by atoms with E-state index in [0.29, 0.717) is 5.75 Å². The molecule has 5 aromatic rings. The quantitative estimate of drug-likeness (QED) is 0.0394. The number of imidazole rings is 1. The predicted octanol–water partition coefficient (Wildman–Crippen LogP) is 7.23. The smallest absolute Gasteiger partial charge is 0.323 e. The Hall–Kier alpha value is -5.43. The van der Waals surface area contributed by atoms with Crippen molar-refractivity contribution >= 4 is 30.6 Å². The maximum atomic E-state index is 17.0. The van der Waals surface area contributed by atoms with Crippen LogP contribution in [0.15, 0.2) is 91.3 Å². The van der Waals surface area contributed by atoms with E-state index in [-0.39, 0.29) is 35.7 Å². The fourth-order valence-corrected chi connectivity index (χ4v) is 9.17. The van der Waals surface area contributed by atoms with Gasteiger partial charge in [-0.05, 0) is 68.4 Å². The number of aromatic nitrogens is 4. The van der Waals surface area contributed by atoms with Crippen LogP contribution in [0.3, 0.4) is 0 Å². The van der Waals surface area contributed by atoms with Crippen LogP contribution in [0.2, 0.25) is 0 Å². The van der Waals surface area contributed by atoms with E-state index in [1.165, 1.54) is 6.92 Å². The molecular weight excluding hydrogens is 809 g/mol. The van der Waals surface area contributed by atoms with E-state index in [1.807, 2.05) is 90.8 Å². The molecule has 2 aliphatic rings. The monoisotopic (exact) mass is 858 g/mol. The van der Waals surface area contributed by atoms with Crippen molar-refractivity contribution in [3.05, 3.63) is 108 Å². The second-order valence-corrected chi connectivity index (χ2v) is 17.4. The maximum Gasteiger partial charge on any atom is 0.323 e. The summed E-state index contributed by atoms with van der Waals surface area (Å²) >= 11 is 0. The molecule has 0 spiro atoms. The van der Waals surface area contributed by atoms with Gasteiger partial charge in [-0.1, -0.05) is 85.1 Å². The number of anilines is 1. The number of ether oxygens (including phenoxy) is 4. The summed E-state index contributed by atoms with van der Waals surface area (Å²) in [5.74, 6) is -1.49. The molecule has 1 aliphatic heterocycles. The highest BCUT2D eigenvalue weighted by molar-refractivity contribution is 7.56. The summed E-state index contributed by atoms with van der Waals surface area (Å²) in [4.78, 5) is 26.7. The van der Waals surface area contributed by atoms with Crippen LogP contribution < -0.4 is 19.9 Å². The van der Waals surface area contributed by atoms with Gasteiger partial charge in [0, 0.05) is 6.66 Å². The van der Waals surface area contributed by atoms with Crippen molar-refractivity contribution in [2.45, 2.75) is 87.5 Å². The van der Waals surface area contributed by atoms with Gasteiger partial charge in [0.2, 0.25) is 17.5 Å². The third-order valence-corrected chi connectivity index (χ3v) is 12.5. The number of aliphatic hydroxyl groups excluding tert-OH is 1. The Morgan fingerprint density at radius 3 is 2.25 bits per heavy atom. The fourth-order valence-electron chi connectivity index (χ4n) is 7.87. The summed E-state index contributed by atoms with van der Waals surface area (Å²) in [5.41, 5.74) is -2.03. The minimum absolute atomic E-state index is 0.00564. The number of terminal acetylenes is 1. The van der Waals surface area contributed by atoms with Gasteiger partial charge in [-0.2, -0.15) is 9.97 Å². The zero-order chi connectivity index (χ0) is 43.4. The third kappa shape index (κ3) is 8.71. The zero-order valence-electron chi connectivity index (χ0n) is 34.3. The van der Waals surface area contributed by atoms with Crippen molar-refractivity contribution in [1.29, 1.82) is 0 Å². The lowest BCUT2D eigenvalue weighted by Crippen LogP contribution is -2.48. The Morgan fingerprint density at radius 1 is 1.03 bits per heavy atom. The van der Waals surface area contributed by atoms with Crippen molar-refractivity contribution < 1.29 is 46.7 Å². The van der Waals surface area contributed by atoms with E-state index >= 15 is 8.78 Å². The summed E-state index contributed by atoms with van der Waals surface area (Å²) in [6.45, 7) is 3.21. The summed E-state index contributed by atoms with van der Waals surface area (Å²) in [7, 11) is -2.42. The molecule has 0 radical (unpaired) electrons. The third-order valence-electron chi connectivity index (χ3n) is 11.0. The highest BCUT2D eigenvalue weighted by Crippen LogP contribution is 2.51. The molecular formula is C44H49F2N6O8P. The lowest BCUT2D eigenvalue weighted by molar-refractivity contribution is -0.202. The molecule has 0 bridgehead atoms. The molecule has 1 unspecified atom stereocenters. The van der Waals surface area contributed by atoms with Gasteiger partial charge in [0.15, 0.2) is 23.5 Å². The molecule has 3 heterocycles. The number of nitrogens with one attached hydrogen (secondary N) is 2. The standard InChI is InChI=1S/C44H49F2N6O8P/c1-6-42(45)39(54)43(46,27-58-61(5,55)51-29(3)38(53)59-34-21-15-10-16-22-34)60-40(42)52-28-47-35-36(52)48-41(49-37(35)57-7-2)50-44(30-17-11-8-12-18-30,31-19-13-9-14-20-31)32-23-25-33(56-4)26-24-32/h1,8-9,11-14,17-20,23-26,28-29,34,39-40,54H,7,10,15-16,21-22,27H2,2-5H3,(H,51,55)(H,48,49,50)/t29-,39-,40+,42+,43+,61?/m0/s1. The minimum atomic E-state index is -4.00. The molecule has 0 amide bonds. The first-order valence-corrected chi connectivity index (χ1v) is 22.2. The molecule has 7 rings (SSSR count). The molecule has 2 aromatic heterocycles. The zero-order valence-corrected chi connectivity index (χ0v) is 35.2. The SMILES string of the molecule is C#C[C@]1(F)[C@H](n2cnc3c(OCC)nc(NC(c4ccccc4)(c4ccccc4)c4ccc(OC)cc4)nc32)O[C@](F)(COP(C)(=O)N[C@@H](C)C(=O)OC2CCCCC2)[C@H]1O. The first-order valence-electron chi connectivity index (χ1n) is 20.1. The van der Waals surface area contributed by atoms with Gasteiger partial charge in [-0.3, -0.25) is 13.9 Å². The summed E-state index contributed by atoms with van der Waals surface area (Å²) in [5, 5.41) is 17.3. The Labute approximate surface area is 352 Å². The van der Waals surface area contributed by atoms with E-state index in [4.69, 9.17) is 39.9 Å². The van der Waals surface area contributed by atoms with E-state index in [2.05, 4.69) is 15.4 Å². The summed E-state index contributed by atoms with van der Waals surface area (Å²) in [6, 6.07) is 25.6. The topological polar surface area (TPSA) is 168 Å². The number of esters is 1. The van der Waals surface area contributed by atoms with Crippen LogP contribution >= 0.6 is 7.52 Å². The average molecular weight is 859 g/mol. The maximum absolute atomic E-state index is 17.0. The van der Waals surface area contributed by atoms with Crippen LogP contribution in [-0.2, 0) is 28.9 Å². The normalized spacial score (nSPS) is 23.4. The van der Waals surface area contributed by atoms with Crippen molar-refractivity contribution in [2.75, 3.05) is 32.3 Å². The Balaban J connectivity index is 1.23. The van der Waals surface area contributed by atoms with Gasteiger partial charge in [-0.15, -0.1) is 6.42 Å². The van der Waals surface area contributed by atoms with Gasteiger partial charge in [0.25, 0.3) is 13.4 Å². The molecule has 322 valence electrons. The number of fused-ring (bicyclic) bond motifs is 1. The lowest BCUT2D eigenvalue weighted by Gasteiger charge is -2.37. The molecule has 1 saturated carbocycles. The minimum Gasteiger partial charge on any atom is -0.497 e. The number of methoxy groups -OCH3 is 1. The van der Waals surface area contributed by atoms with Crippen LogP contribution in [-0.4, -0.2) is 87.4 Å². The second-order valence-electron chi connectivity index (χ2n) is 15.2. The fraction of sp³-hybridized carbons (Fsp3) is 0.409. The van der Waals surface area contributed by atoms with Crippen LogP contribution in [0, 0.1) is 12.3 Å². The first-order chi connectivity index (χ1) is 29.3. The van der Waals surface area contributed by atoms with Crippen LogP contribution in [0.4, 0.5) is 14.7 Å². The van der Waals surface area contributed by atoms with E-state index in [9.17, 15) is 14.5 Å². The highest BCUT2D eigenvalue weighted by atomic mass is 31.2. The molecule has 1 aliphatic carbocycles.